The maximum Gasteiger partial charge on any atom is 0.253 e. The van der Waals surface area contributed by atoms with Crippen LogP contribution >= 0.6 is 0 Å². The van der Waals surface area contributed by atoms with Crippen molar-refractivity contribution in [3.8, 4) is 0 Å². The third-order valence-corrected chi connectivity index (χ3v) is 2.92. The van der Waals surface area contributed by atoms with Crippen LogP contribution in [-0.4, -0.2) is 30.6 Å². The van der Waals surface area contributed by atoms with Crippen LogP contribution in [0.25, 0.3) is 0 Å². The van der Waals surface area contributed by atoms with Gasteiger partial charge in [-0.2, -0.15) is 0 Å². The molecule has 0 aromatic carbocycles. The van der Waals surface area contributed by atoms with Gasteiger partial charge in [-0.05, 0) is 19.2 Å². The van der Waals surface area contributed by atoms with Gasteiger partial charge >= 0.3 is 0 Å². The lowest BCUT2D eigenvalue weighted by molar-refractivity contribution is -0.131. The van der Waals surface area contributed by atoms with Gasteiger partial charge in [-0.1, -0.05) is 6.08 Å². The van der Waals surface area contributed by atoms with Crippen LogP contribution in [0.15, 0.2) is 36.2 Å². The first kappa shape index (κ1) is 9.98. The van der Waals surface area contributed by atoms with Gasteiger partial charge in [0.15, 0.2) is 0 Å². The fraction of sp³-hybridized carbons (Fsp3) is 0.364. The maximum absolute atomic E-state index is 11.4. The van der Waals surface area contributed by atoms with Crippen LogP contribution < -0.4 is 10.6 Å². The van der Waals surface area contributed by atoms with Crippen molar-refractivity contribution >= 4 is 5.91 Å². The summed E-state index contributed by atoms with van der Waals surface area (Å²) in [5, 5.41) is 6.32. The second-order valence-corrected chi connectivity index (χ2v) is 3.68. The summed E-state index contributed by atoms with van der Waals surface area (Å²) in [7, 11) is 3.75. The van der Waals surface area contributed by atoms with Gasteiger partial charge in [-0.15, -0.1) is 0 Å². The van der Waals surface area contributed by atoms with Gasteiger partial charge in [0.1, 0.15) is 5.66 Å². The lowest BCUT2D eigenvalue weighted by Gasteiger charge is -2.44. The van der Waals surface area contributed by atoms with E-state index >= 15 is 0 Å². The van der Waals surface area contributed by atoms with Crippen molar-refractivity contribution in [2.45, 2.75) is 12.1 Å². The highest BCUT2D eigenvalue weighted by Crippen LogP contribution is 2.29. The van der Waals surface area contributed by atoms with Crippen molar-refractivity contribution in [3.63, 3.8) is 0 Å². The van der Waals surface area contributed by atoms with Gasteiger partial charge in [0.25, 0.3) is 5.91 Å². The summed E-state index contributed by atoms with van der Waals surface area (Å²) in [5.74, 6) is 0.0475. The number of amides is 1. The zero-order valence-corrected chi connectivity index (χ0v) is 8.95. The van der Waals surface area contributed by atoms with Crippen molar-refractivity contribution in [1.29, 1.82) is 0 Å². The predicted molar refractivity (Wildman–Crippen MR) is 58.7 cm³/mol. The minimum absolute atomic E-state index is 0.0475. The number of carbonyl (C=O) groups is 1. The highest BCUT2D eigenvalue weighted by atomic mass is 16.2. The third-order valence-electron chi connectivity index (χ3n) is 2.92. The van der Waals surface area contributed by atoms with Gasteiger partial charge < -0.3 is 5.32 Å². The molecular weight excluding hydrogens is 190 g/mol. The first-order chi connectivity index (χ1) is 7.22. The lowest BCUT2D eigenvalue weighted by atomic mass is 9.95. The molecule has 1 heterocycles. The van der Waals surface area contributed by atoms with E-state index in [-0.39, 0.29) is 5.91 Å². The van der Waals surface area contributed by atoms with Crippen molar-refractivity contribution < 1.29 is 4.79 Å². The van der Waals surface area contributed by atoms with E-state index in [1.807, 2.05) is 38.5 Å². The Hall–Kier alpha value is -1.55. The number of nitrogens with zero attached hydrogens (tertiary/aromatic N) is 1. The van der Waals surface area contributed by atoms with Crippen LogP contribution in [0.3, 0.4) is 0 Å². The molecule has 2 aliphatic rings. The molecule has 2 rings (SSSR count). The Morgan fingerprint density at radius 1 is 1.47 bits per heavy atom. The van der Waals surface area contributed by atoms with E-state index in [2.05, 4.69) is 10.6 Å². The number of hydrogen-bond acceptors (Lipinski definition) is 3. The zero-order chi connectivity index (χ0) is 10.9. The Balaban J connectivity index is 2.25. The Labute approximate surface area is 89.3 Å². The van der Waals surface area contributed by atoms with E-state index in [9.17, 15) is 4.79 Å². The minimum atomic E-state index is -0.404. The molecule has 4 nitrogen and oxygen atoms in total. The van der Waals surface area contributed by atoms with Gasteiger partial charge in [0, 0.05) is 31.4 Å². The molecule has 1 aliphatic heterocycles. The topological polar surface area (TPSA) is 44.4 Å². The molecule has 80 valence electrons. The molecule has 0 radical (unpaired) electrons. The Morgan fingerprint density at radius 2 is 2.27 bits per heavy atom. The van der Waals surface area contributed by atoms with E-state index in [0.717, 1.165) is 12.1 Å². The first-order valence-corrected chi connectivity index (χ1v) is 4.98. The quantitative estimate of drug-likeness (QED) is 0.697. The first-order valence-electron chi connectivity index (χ1n) is 4.98. The van der Waals surface area contributed by atoms with Crippen LogP contribution in [-0.2, 0) is 4.79 Å². The molecule has 1 aliphatic carbocycles. The standard InChI is InChI=1S/C11H15N3O/c1-12-9-4-3-6-11(8-9,13-2)14-7-5-10(14)15/h3-7,12-13H,8H2,1-2H3. The molecule has 0 saturated heterocycles. The number of allylic oxidation sites excluding steroid dienone is 2. The largest absolute Gasteiger partial charge is 0.391 e. The smallest absolute Gasteiger partial charge is 0.253 e. The molecular formula is C11H15N3O. The summed E-state index contributed by atoms with van der Waals surface area (Å²) < 4.78 is 0. The summed E-state index contributed by atoms with van der Waals surface area (Å²) in [6.45, 7) is 0. The Bertz CT molecular complexity index is 370. The van der Waals surface area contributed by atoms with Gasteiger partial charge in [0.2, 0.25) is 0 Å². The molecule has 0 saturated carbocycles. The molecule has 0 bridgehead atoms. The highest BCUT2D eigenvalue weighted by Gasteiger charge is 2.39. The molecule has 0 spiro atoms. The average Bonchev–Trinajstić information content (AvgIpc) is 2.27. The van der Waals surface area contributed by atoms with Gasteiger partial charge in [-0.3, -0.25) is 15.0 Å². The fourth-order valence-electron chi connectivity index (χ4n) is 1.90. The Kier molecular flexibility index (Phi) is 2.36. The van der Waals surface area contributed by atoms with Crippen molar-refractivity contribution in [2.24, 2.45) is 0 Å². The van der Waals surface area contributed by atoms with Gasteiger partial charge in [0.05, 0.1) is 0 Å². The number of hydrogen-bond donors (Lipinski definition) is 2. The number of rotatable bonds is 3. The van der Waals surface area contributed by atoms with Crippen molar-refractivity contribution in [2.75, 3.05) is 14.1 Å². The summed E-state index contributed by atoms with van der Waals surface area (Å²) in [6.07, 6.45) is 10.1. The van der Waals surface area contributed by atoms with Crippen LogP contribution in [0.1, 0.15) is 6.42 Å². The fourth-order valence-corrected chi connectivity index (χ4v) is 1.90. The molecule has 0 aromatic rings. The van der Waals surface area contributed by atoms with Crippen molar-refractivity contribution in [1.82, 2.24) is 15.5 Å². The SMILES string of the molecule is CNC1=CC=CC(NC)(N2C=CC2=O)C1. The monoisotopic (exact) mass is 205 g/mol. The molecule has 0 aromatic heterocycles. The van der Waals surface area contributed by atoms with Crippen LogP contribution in [0.5, 0.6) is 0 Å². The van der Waals surface area contributed by atoms with E-state index in [4.69, 9.17) is 0 Å². The zero-order valence-electron chi connectivity index (χ0n) is 8.95. The third kappa shape index (κ3) is 1.47. The molecule has 0 fully saturated rings. The summed E-state index contributed by atoms with van der Waals surface area (Å²) in [6, 6.07) is 0. The maximum atomic E-state index is 11.4. The summed E-state index contributed by atoms with van der Waals surface area (Å²) in [5.41, 5.74) is 0.707. The van der Waals surface area contributed by atoms with Crippen LogP contribution in [0.2, 0.25) is 0 Å². The van der Waals surface area contributed by atoms with Crippen molar-refractivity contribution in [3.05, 3.63) is 36.2 Å². The second kappa shape index (κ2) is 3.55. The highest BCUT2D eigenvalue weighted by molar-refractivity contribution is 5.95. The summed E-state index contributed by atoms with van der Waals surface area (Å²) >= 11 is 0. The van der Waals surface area contributed by atoms with Gasteiger partial charge in [-0.25, -0.2) is 0 Å². The normalized spacial score (nSPS) is 28.8. The molecule has 4 heteroatoms. The van der Waals surface area contributed by atoms with Crippen LogP contribution in [0, 0.1) is 0 Å². The number of nitrogens with one attached hydrogen (secondary N) is 2. The van der Waals surface area contributed by atoms with Crippen LogP contribution in [0.4, 0.5) is 0 Å². The molecule has 2 N–H and O–H groups in total. The van der Waals surface area contributed by atoms with E-state index < -0.39 is 5.66 Å². The molecule has 15 heavy (non-hydrogen) atoms. The molecule has 1 atom stereocenters. The predicted octanol–water partition coefficient (Wildman–Crippen LogP) is 0.321. The number of carbonyl (C=O) groups excluding carboxylic acids is 1. The minimum Gasteiger partial charge on any atom is -0.391 e. The average molecular weight is 205 g/mol. The number of likely N-dealkylation sites (N-methyl/N-ethyl adjacent to an activating group) is 1. The van der Waals surface area contributed by atoms with E-state index in [1.165, 1.54) is 0 Å². The van der Waals surface area contributed by atoms with E-state index in [1.54, 1.807) is 11.0 Å². The molecule has 1 amide bonds. The Morgan fingerprint density at radius 3 is 2.73 bits per heavy atom. The second-order valence-electron chi connectivity index (χ2n) is 3.68. The van der Waals surface area contributed by atoms with E-state index in [0.29, 0.717) is 0 Å². The lowest BCUT2D eigenvalue weighted by Crippen LogP contribution is -2.59. The molecule has 1 unspecified atom stereocenters. The summed E-state index contributed by atoms with van der Waals surface area (Å²) in [4.78, 5) is 13.1.